The van der Waals surface area contributed by atoms with Crippen molar-refractivity contribution in [2.45, 2.75) is 33.6 Å². The van der Waals surface area contributed by atoms with Gasteiger partial charge in [-0.2, -0.15) is 5.10 Å². The fourth-order valence-corrected chi connectivity index (χ4v) is 4.38. The van der Waals surface area contributed by atoms with Crippen LogP contribution in [0.1, 0.15) is 41.4 Å². The summed E-state index contributed by atoms with van der Waals surface area (Å²) in [5, 5.41) is 5.62. The number of hydrogen-bond acceptors (Lipinski definition) is 4. The average Bonchev–Trinajstić information content (AvgIpc) is 3.16. The van der Waals surface area contributed by atoms with Gasteiger partial charge in [0.05, 0.1) is 28.0 Å². The lowest BCUT2D eigenvalue weighted by Crippen LogP contribution is -2.38. The van der Waals surface area contributed by atoms with Crippen LogP contribution in [0.2, 0.25) is 0 Å². The van der Waals surface area contributed by atoms with E-state index in [1.165, 1.54) is 5.56 Å². The Bertz CT molecular complexity index is 1270. The number of aryl methyl sites for hydroxylation is 2. The van der Waals surface area contributed by atoms with Gasteiger partial charge in [-0.3, -0.25) is 9.78 Å². The smallest absolute Gasteiger partial charge is 0.254 e. The number of pyridine rings is 2. The van der Waals surface area contributed by atoms with Crippen molar-refractivity contribution in [3.05, 3.63) is 71.7 Å². The molecule has 1 fully saturated rings. The molecule has 6 nitrogen and oxygen atoms in total. The van der Waals surface area contributed by atoms with E-state index in [1.807, 2.05) is 46.8 Å². The minimum absolute atomic E-state index is 0.0613. The Morgan fingerprint density at radius 3 is 2.38 bits per heavy atom. The highest BCUT2D eigenvalue weighted by atomic mass is 16.2. The lowest BCUT2D eigenvalue weighted by atomic mass is 9.98. The molecular formula is C26H27N5O. The molecule has 1 aromatic carbocycles. The number of aromatic nitrogens is 4. The molecule has 4 heterocycles. The van der Waals surface area contributed by atoms with Crippen LogP contribution in [0.25, 0.3) is 28.0 Å². The van der Waals surface area contributed by atoms with Gasteiger partial charge in [-0.15, -0.1) is 0 Å². The highest BCUT2D eigenvalue weighted by Gasteiger charge is 2.26. The van der Waals surface area contributed by atoms with Gasteiger partial charge in [-0.05, 0) is 62.9 Å². The number of benzene rings is 1. The summed E-state index contributed by atoms with van der Waals surface area (Å²) in [5.74, 6) is 0.723. The molecule has 162 valence electrons. The topological polar surface area (TPSA) is 63.9 Å². The number of rotatable bonds is 3. The number of carbonyl (C=O) groups excluding carboxylic acids is 1. The van der Waals surface area contributed by atoms with Crippen molar-refractivity contribution in [3.63, 3.8) is 0 Å². The summed E-state index contributed by atoms with van der Waals surface area (Å²) >= 11 is 0. The molecule has 0 radical (unpaired) electrons. The number of likely N-dealkylation sites (tertiary alicyclic amines) is 1. The van der Waals surface area contributed by atoms with Gasteiger partial charge in [-0.1, -0.05) is 24.6 Å². The SMILES string of the molecule is Cc1ccc(-n2nc(C)c3c(C(=O)N4CCC(C)CC4)cc(-c4ccncc4)nc32)cc1. The molecule has 0 bridgehead atoms. The summed E-state index contributed by atoms with van der Waals surface area (Å²) < 4.78 is 1.85. The Hall–Kier alpha value is -3.54. The van der Waals surface area contributed by atoms with Gasteiger partial charge < -0.3 is 4.90 Å². The van der Waals surface area contributed by atoms with Crippen LogP contribution >= 0.6 is 0 Å². The van der Waals surface area contributed by atoms with Crippen molar-refractivity contribution in [1.82, 2.24) is 24.6 Å². The lowest BCUT2D eigenvalue weighted by Gasteiger charge is -2.30. The standard InChI is InChI=1S/C26H27N5O/c1-17-4-6-21(7-5-17)31-25-24(19(3)29-31)22(26(32)30-14-10-18(2)11-15-30)16-23(28-25)20-8-12-27-13-9-20/h4-9,12-13,16,18H,10-11,14-15H2,1-3H3. The molecule has 4 aromatic rings. The van der Waals surface area contributed by atoms with Gasteiger partial charge in [0.1, 0.15) is 0 Å². The van der Waals surface area contributed by atoms with E-state index in [4.69, 9.17) is 10.1 Å². The zero-order valence-electron chi connectivity index (χ0n) is 18.7. The third-order valence-electron chi connectivity index (χ3n) is 6.37. The number of nitrogens with zero attached hydrogens (tertiary/aromatic N) is 5. The minimum atomic E-state index is 0.0613. The van der Waals surface area contributed by atoms with Crippen LogP contribution in [0.5, 0.6) is 0 Å². The predicted octanol–water partition coefficient (Wildman–Crippen LogP) is 4.97. The molecule has 3 aromatic heterocycles. The van der Waals surface area contributed by atoms with Crippen LogP contribution < -0.4 is 0 Å². The van der Waals surface area contributed by atoms with Gasteiger partial charge in [0.15, 0.2) is 5.65 Å². The monoisotopic (exact) mass is 425 g/mol. The number of hydrogen-bond donors (Lipinski definition) is 0. The number of fused-ring (bicyclic) bond motifs is 1. The summed E-state index contributed by atoms with van der Waals surface area (Å²) in [4.78, 5) is 24.8. The van der Waals surface area contributed by atoms with Crippen LogP contribution in [0, 0.1) is 19.8 Å². The van der Waals surface area contributed by atoms with E-state index in [0.717, 1.165) is 54.0 Å². The molecule has 5 rings (SSSR count). The van der Waals surface area contributed by atoms with E-state index in [1.54, 1.807) is 12.4 Å². The first-order chi connectivity index (χ1) is 15.5. The second-order valence-electron chi connectivity index (χ2n) is 8.80. The number of piperidine rings is 1. The maximum Gasteiger partial charge on any atom is 0.254 e. The van der Waals surface area contributed by atoms with E-state index in [-0.39, 0.29) is 5.91 Å². The van der Waals surface area contributed by atoms with Gasteiger partial charge >= 0.3 is 0 Å². The van der Waals surface area contributed by atoms with Crippen molar-refractivity contribution >= 4 is 16.9 Å². The zero-order valence-corrected chi connectivity index (χ0v) is 18.7. The third kappa shape index (κ3) is 3.66. The van der Waals surface area contributed by atoms with Gasteiger partial charge in [0.2, 0.25) is 0 Å². The van der Waals surface area contributed by atoms with Crippen molar-refractivity contribution in [2.75, 3.05) is 13.1 Å². The Kier molecular flexibility index (Phi) is 5.21. The molecule has 0 spiro atoms. The fraction of sp³-hybridized carbons (Fsp3) is 0.308. The summed E-state index contributed by atoms with van der Waals surface area (Å²) in [6, 6.07) is 14.0. The summed E-state index contributed by atoms with van der Waals surface area (Å²) in [5.41, 5.74) is 5.98. The van der Waals surface area contributed by atoms with Crippen LogP contribution in [0.3, 0.4) is 0 Å². The largest absolute Gasteiger partial charge is 0.339 e. The molecule has 0 aliphatic carbocycles. The zero-order chi connectivity index (χ0) is 22.2. The van der Waals surface area contributed by atoms with Gasteiger partial charge in [-0.25, -0.2) is 9.67 Å². The van der Waals surface area contributed by atoms with Crippen molar-refractivity contribution < 1.29 is 4.79 Å². The van der Waals surface area contributed by atoms with E-state index in [2.05, 4.69) is 31.0 Å². The Balaban J connectivity index is 1.71. The summed E-state index contributed by atoms with van der Waals surface area (Å²) in [7, 11) is 0. The molecule has 6 heteroatoms. The summed E-state index contributed by atoms with van der Waals surface area (Å²) in [6.07, 6.45) is 5.58. The Morgan fingerprint density at radius 2 is 1.69 bits per heavy atom. The maximum absolute atomic E-state index is 13.7. The number of carbonyl (C=O) groups is 1. The molecule has 1 amide bonds. The van der Waals surface area contributed by atoms with E-state index < -0.39 is 0 Å². The van der Waals surface area contributed by atoms with Crippen LogP contribution in [-0.2, 0) is 0 Å². The second kappa shape index (κ2) is 8.19. The highest BCUT2D eigenvalue weighted by Crippen LogP contribution is 2.30. The van der Waals surface area contributed by atoms with Crippen LogP contribution in [0.15, 0.2) is 54.9 Å². The molecular weight excluding hydrogens is 398 g/mol. The molecule has 0 unspecified atom stereocenters. The first-order valence-corrected chi connectivity index (χ1v) is 11.2. The van der Waals surface area contributed by atoms with Crippen LogP contribution in [-0.4, -0.2) is 43.6 Å². The Morgan fingerprint density at radius 1 is 1.00 bits per heavy atom. The normalized spacial score (nSPS) is 14.8. The summed E-state index contributed by atoms with van der Waals surface area (Å²) in [6.45, 7) is 7.85. The van der Waals surface area contributed by atoms with Gasteiger partial charge in [0.25, 0.3) is 5.91 Å². The molecule has 0 saturated carbocycles. The Labute approximate surface area is 187 Å². The fourth-order valence-electron chi connectivity index (χ4n) is 4.38. The minimum Gasteiger partial charge on any atom is -0.339 e. The maximum atomic E-state index is 13.7. The second-order valence-corrected chi connectivity index (χ2v) is 8.80. The predicted molar refractivity (Wildman–Crippen MR) is 126 cm³/mol. The highest BCUT2D eigenvalue weighted by molar-refractivity contribution is 6.07. The first-order valence-electron chi connectivity index (χ1n) is 11.2. The molecule has 1 aliphatic heterocycles. The van der Waals surface area contributed by atoms with E-state index in [0.29, 0.717) is 17.1 Å². The number of amides is 1. The van der Waals surface area contributed by atoms with Crippen molar-refractivity contribution in [2.24, 2.45) is 5.92 Å². The van der Waals surface area contributed by atoms with Crippen LogP contribution in [0.4, 0.5) is 0 Å². The molecule has 1 saturated heterocycles. The third-order valence-corrected chi connectivity index (χ3v) is 6.37. The molecule has 0 atom stereocenters. The van der Waals surface area contributed by atoms with Gasteiger partial charge in [0, 0.05) is 31.0 Å². The van der Waals surface area contributed by atoms with E-state index in [9.17, 15) is 4.79 Å². The quantitative estimate of drug-likeness (QED) is 0.465. The first kappa shape index (κ1) is 20.4. The molecule has 32 heavy (non-hydrogen) atoms. The van der Waals surface area contributed by atoms with E-state index >= 15 is 0 Å². The molecule has 0 N–H and O–H groups in total. The lowest BCUT2D eigenvalue weighted by molar-refractivity contribution is 0.0699. The molecule has 1 aliphatic rings. The van der Waals surface area contributed by atoms with Crippen molar-refractivity contribution in [3.8, 4) is 16.9 Å². The average molecular weight is 426 g/mol. The van der Waals surface area contributed by atoms with Crippen molar-refractivity contribution in [1.29, 1.82) is 0 Å².